The fourth-order valence-electron chi connectivity index (χ4n) is 9.20. The van der Waals surface area contributed by atoms with Gasteiger partial charge in [-0.3, -0.25) is 0 Å². The number of halogens is 6. The summed E-state index contributed by atoms with van der Waals surface area (Å²) in [5, 5.41) is 107. The predicted molar refractivity (Wildman–Crippen MR) is 260 cm³/mol. The molecule has 16 nitrogen and oxygen atoms in total. The molecule has 0 aliphatic carbocycles. The minimum Gasteiger partial charge on any atom is -0.394 e. The third-order valence-electron chi connectivity index (χ3n) is 13.7. The highest BCUT2D eigenvalue weighted by Gasteiger charge is 2.70. The average Bonchev–Trinajstić information content (AvgIpc) is 3.72. The van der Waals surface area contributed by atoms with E-state index in [-0.39, 0.29) is 24.7 Å². The van der Waals surface area contributed by atoms with E-state index in [4.69, 9.17) is 24.4 Å². The molecule has 0 bridgehead atoms. The van der Waals surface area contributed by atoms with Crippen LogP contribution in [0.2, 0.25) is 0 Å². The van der Waals surface area contributed by atoms with Gasteiger partial charge in [0.25, 0.3) is 17.4 Å². The summed E-state index contributed by atoms with van der Waals surface area (Å²) in [6.07, 6.45) is -18.3. The average molecular weight is 1100 g/mol. The second-order valence-corrected chi connectivity index (χ2v) is 18.8. The van der Waals surface area contributed by atoms with E-state index in [9.17, 15) is 63.5 Å². The van der Waals surface area contributed by atoms with Gasteiger partial charge in [0.1, 0.15) is 54.9 Å². The van der Waals surface area contributed by atoms with Crippen molar-refractivity contribution in [3.8, 4) is 0 Å². The Morgan fingerprint density at radius 2 is 0.870 bits per heavy atom. The Morgan fingerprint density at radius 3 is 1.27 bits per heavy atom. The van der Waals surface area contributed by atoms with Crippen molar-refractivity contribution >= 4 is 0 Å². The molecule has 3 aliphatic heterocycles. The van der Waals surface area contributed by atoms with Gasteiger partial charge in [-0.25, -0.2) is 0 Å². The molecule has 0 radical (unpaired) electrons. The largest absolute Gasteiger partial charge is 0.394 e. The maximum atomic E-state index is 16.1. The van der Waals surface area contributed by atoms with Crippen molar-refractivity contribution in [2.75, 3.05) is 13.2 Å². The minimum atomic E-state index is -4.08. The fourth-order valence-corrected chi connectivity index (χ4v) is 9.20. The fraction of sp³-hybridized carbons (Fsp3) is 0.455. The molecule has 0 spiro atoms. The van der Waals surface area contributed by atoms with E-state index in [2.05, 4.69) is 9.47 Å². The van der Waals surface area contributed by atoms with Gasteiger partial charge in [0.15, 0.2) is 0 Å². The number of rotatable bonds is 16. The van der Waals surface area contributed by atoms with Gasteiger partial charge in [-0.15, -0.1) is 0 Å². The first kappa shape index (κ1) is 61.3. The molecule has 77 heavy (non-hydrogen) atoms. The van der Waals surface area contributed by atoms with Crippen LogP contribution in [0, 0.1) is 5.92 Å². The van der Waals surface area contributed by atoms with Crippen molar-refractivity contribution in [1.29, 1.82) is 0 Å². The topological polar surface area (TPSA) is 269 Å². The van der Waals surface area contributed by atoms with Gasteiger partial charge in [0.2, 0.25) is 0 Å². The van der Waals surface area contributed by atoms with Gasteiger partial charge in [-0.05, 0) is 17.5 Å². The van der Waals surface area contributed by atoms with Crippen LogP contribution >= 0.6 is 0 Å². The number of alkyl halides is 6. The highest BCUT2D eigenvalue weighted by Crippen LogP contribution is 2.51. The van der Waals surface area contributed by atoms with Crippen molar-refractivity contribution in [3.63, 3.8) is 0 Å². The Hall–Kier alpha value is -4.96. The molecule has 15 atom stereocenters. The lowest BCUT2D eigenvalue weighted by molar-refractivity contribution is -0.419. The van der Waals surface area contributed by atoms with Gasteiger partial charge >= 0.3 is 17.8 Å². The van der Waals surface area contributed by atoms with Crippen LogP contribution in [0.4, 0.5) is 26.3 Å². The molecule has 8 rings (SSSR count). The number of aliphatic hydroxyl groups excluding tert-OH is 8. The van der Waals surface area contributed by atoms with E-state index in [1.165, 1.54) is 60.7 Å². The molecule has 3 heterocycles. The molecule has 2 unspecified atom stereocenters. The SMILES string of the molecule is CC[C@H]1O[C@@](O)(C(F)(F)c2ccccc2)[C@H](OCc2ccccc2)[C@@H](OCc2ccccc2)[C@H]1C.OC[C@H](O)C1OC(O)(C(F)(F)c2ccccc2)[C@H](O)[C@H]1O.OC[C@H]1O[C@@](O)(C(F)(F)c2ccccc2)[C@H](O)[C@@H](O)[C@H]1O. The number of benzene rings is 5. The molecule has 3 fully saturated rings. The highest BCUT2D eigenvalue weighted by atomic mass is 19.3. The Kier molecular flexibility index (Phi) is 20.2. The second kappa shape index (κ2) is 25.4. The van der Waals surface area contributed by atoms with Crippen molar-refractivity contribution in [3.05, 3.63) is 179 Å². The van der Waals surface area contributed by atoms with Crippen molar-refractivity contribution in [1.82, 2.24) is 0 Å². The third kappa shape index (κ3) is 12.4. The monoisotopic (exact) mass is 1090 g/mol. The zero-order chi connectivity index (χ0) is 56.6. The van der Waals surface area contributed by atoms with E-state index >= 15 is 8.78 Å². The van der Waals surface area contributed by atoms with Crippen LogP contribution in [0.5, 0.6) is 0 Å². The van der Waals surface area contributed by atoms with E-state index in [1.807, 2.05) is 74.5 Å². The zero-order valence-electron chi connectivity index (χ0n) is 41.6. The Morgan fingerprint density at radius 1 is 0.506 bits per heavy atom. The highest BCUT2D eigenvalue weighted by molar-refractivity contribution is 5.27. The predicted octanol–water partition coefficient (Wildman–Crippen LogP) is 3.96. The maximum Gasteiger partial charge on any atom is 0.328 e. The second-order valence-electron chi connectivity index (χ2n) is 18.8. The van der Waals surface area contributed by atoms with E-state index < -0.39 is 127 Å². The third-order valence-corrected chi connectivity index (χ3v) is 13.7. The Balaban J connectivity index is 0.000000198. The molecule has 3 aliphatic rings. The van der Waals surface area contributed by atoms with Crippen molar-refractivity contribution in [2.24, 2.45) is 5.92 Å². The molecule has 5 aromatic rings. The standard InChI is InChI=1S/C29H32F2O4.2C13H16F2O6/c1-3-25-21(2)26(33-19-22-13-7-4-8-14-22)27(34-20-23-15-9-5-10-16-23)29(32,35-25)28(30,31)24-17-11-6-12-18-24;14-12(15,7-4-2-1-3-5-7)13(20)11(19)9(18)10(21-13)8(17)6-16;14-12(15,7-4-2-1-3-5-7)13(20)11(19)10(18)9(17)8(6-16)21-13/h4-18,21,25-27,32H,3,19-20H2,1-2H3;2*1-5,8-11,16-20H,6H2/t21-,25+,26-,27+,29+;8-,9-,10?,11+,13?;8-,9+,10+,11-,13-/m001/s1. The van der Waals surface area contributed by atoms with Crippen LogP contribution in [0.25, 0.3) is 0 Å². The number of hydrogen-bond donors (Lipinski definition) is 11. The quantitative estimate of drug-likeness (QED) is 0.0625. The van der Waals surface area contributed by atoms with E-state index in [1.54, 1.807) is 6.07 Å². The van der Waals surface area contributed by atoms with E-state index in [0.717, 1.165) is 35.4 Å². The lowest BCUT2D eigenvalue weighted by atomic mass is 9.81. The molecule has 422 valence electrons. The summed E-state index contributed by atoms with van der Waals surface area (Å²) >= 11 is 0. The lowest BCUT2D eigenvalue weighted by Crippen LogP contribution is -2.70. The summed E-state index contributed by atoms with van der Waals surface area (Å²) < 4.78 is 117. The molecule has 0 aromatic heterocycles. The first-order valence-electron chi connectivity index (χ1n) is 24.5. The Labute approximate surface area is 439 Å². The van der Waals surface area contributed by atoms with Crippen LogP contribution in [-0.2, 0) is 54.7 Å². The molecule has 5 aromatic carbocycles. The summed E-state index contributed by atoms with van der Waals surface area (Å²) in [5.41, 5.74) is 0.0797. The van der Waals surface area contributed by atoms with Crippen LogP contribution in [-0.4, -0.2) is 154 Å². The van der Waals surface area contributed by atoms with Gasteiger partial charge in [-0.1, -0.05) is 166 Å². The molecule has 0 amide bonds. The first-order chi connectivity index (χ1) is 36.4. The van der Waals surface area contributed by atoms with Crippen LogP contribution in [0.3, 0.4) is 0 Å². The maximum absolute atomic E-state index is 16.1. The molecular weight excluding hydrogens is 1030 g/mol. The first-order valence-corrected chi connectivity index (χ1v) is 24.5. The van der Waals surface area contributed by atoms with Crippen LogP contribution < -0.4 is 0 Å². The molecular formula is C55H64F6O16. The number of aliphatic hydroxyl groups is 11. The smallest absolute Gasteiger partial charge is 0.328 e. The summed E-state index contributed by atoms with van der Waals surface area (Å²) in [6.45, 7) is 2.16. The molecule has 3 saturated heterocycles. The molecule has 22 heteroatoms. The number of ether oxygens (including phenoxy) is 5. The summed E-state index contributed by atoms with van der Waals surface area (Å²) in [7, 11) is 0. The van der Waals surface area contributed by atoms with E-state index in [0.29, 0.717) is 6.42 Å². The van der Waals surface area contributed by atoms with Crippen LogP contribution in [0.1, 0.15) is 48.1 Å². The molecule has 0 saturated carbocycles. The summed E-state index contributed by atoms with van der Waals surface area (Å²) in [6, 6.07) is 38.3. The summed E-state index contributed by atoms with van der Waals surface area (Å²) in [5.74, 6) is -22.0. The lowest BCUT2D eigenvalue weighted by Gasteiger charge is -2.52. The van der Waals surface area contributed by atoms with Gasteiger partial charge in [-0.2, -0.15) is 26.3 Å². The van der Waals surface area contributed by atoms with Gasteiger partial charge in [0.05, 0.1) is 38.6 Å². The Bertz CT molecular complexity index is 2550. The van der Waals surface area contributed by atoms with Crippen molar-refractivity contribution in [2.45, 2.75) is 136 Å². The van der Waals surface area contributed by atoms with Crippen molar-refractivity contribution < 1.29 is 106 Å². The van der Waals surface area contributed by atoms with Gasteiger partial charge in [0, 0.05) is 22.6 Å². The zero-order valence-corrected chi connectivity index (χ0v) is 41.6. The molecule has 11 N–H and O–H groups in total. The normalized spacial score (nSPS) is 32.0. The van der Waals surface area contributed by atoms with Gasteiger partial charge < -0.3 is 79.9 Å². The minimum absolute atomic E-state index is 0.0246. The number of hydrogen-bond acceptors (Lipinski definition) is 16. The van der Waals surface area contributed by atoms with Crippen LogP contribution in [0.15, 0.2) is 152 Å². The summed E-state index contributed by atoms with van der Waals surface area (Å²) in [4.78, 5) is 0.